The van der Waals surface area contributed by atoms with Crippen LogP contribution in [0.15, 0.2) is 24.3 Å². The first-order valence-electron chi connectivity index (χ1n) is 8.16. The molecule has 0 atom stereocenters. The zero-order valence-electron chi connectivity index (χ0n) is 14.9. The summed E-state index contributed by atoms with van der Waals surface area (Å²) in [5.41, 5.74) is 1.17. The van der Waals surface area contributed by atoms with Crippen molar-refractivity contribution in [2.75, 3.05) is 26.9 Å². The Balaban J connectivity index is 2.52. The van der Waals surface area contributed by atoms with E-state index in [1.807, 2.05) is 13.8 Å². The molecule has 136 valence electrons. The number of hydrogen-bond acceptors (Lipinski definition) is 7. The molecule has 0 saturated carbocycles. The zero-order chi connectivity index (χ0) is 18.2. The third kappa shape index (κ3) is 4.34. The van der Waals surface area contributed by atoms with E-state index in [0.717, 1.165) is 0 Å². The van der Waals surface area contributed by atoms with Crippen LogP contribution < -0.4 is 4.74 Å². The minimum absolute atomic E-state index is 0.0737. The van der Waals surface area contributed by atoms with Gasteiger partial charge in [0.25, 0.3) is 0 Å². The van der Waals surface area contributed by atoms with Crippen LogP contribution in [0.3, 0.4) is 0 Å². The molecule has 25 heavy (non-hydrogen) atoms. The first kappa shape index (κ1) is 18.9. The van der Waals surface area contributed by atoms with Crippen LogP contribution in [0.4, 0.5) is 0 Å². The maximum Gasteiger partial charge on any atom is 0.361 e. The van der Waals surface area contributed by atoms with E-state index >= 15 is 0 Å². The Morgan fingerprint density at radius 1 is 1.08 bits per heavy atom. The molecule has 0 saturated heterocycles. The van der Waals surface area contributed by atoms with E-state index < -0.39 is 12.3 Å². The van der Waals surface area contributed by atoms with Crippen molar-refractivity contribution in [3.63, 3.8) is 0 Å². The molecule has 8 nitrogen and oxygen atoms in total. The molecule has 0 bridgehead atoms. The Morgan fingerprint density at radius 3 is 2.24 bits per heavy atom. The van der Waals surface area contributed by atoms with Gasteiger partial charge < -0.3 is 18.9 Å². The van der Waals surface area contributed by atoms with Gasteiger partial charge in [-0.25, -0.2) is 9.48 Å². The van der Waals surface area contributed by atoms with Crippen molar-refractivity contribution in [2.24, 2.45) is 0 Å². The van der Waals surface area contributed by atoms with E-state index in [0.29, 0.717) is 30.3 Å². The maximum absolute atomic E-state index is 12.3. The monoisotopic (exact) mass is 349 g/mol. The van der Waals surface area contributed by atoms with Crippen LogP contribution in [0.25, 0.3) is 5.69 Å². The Morgan fingerprint density at radius 2 is 1.72 bits per heavy atom. The number of esters is 1. The third-order valence-corrected chi connectivity index (χ3v) is 3.35. The minimum Gasteiger partial charge on any atom is -0.497 e. The van der Waals surface area contributed by atoms with E-state index in [-0.39, 0.29) is 12.3 Å². The van der Waals surface area contributed by atoms with E-state index in [2.05, 4.69) is 10.3 Å². The molecule has 0 aliphatic heterocycles. The molecule has 0 spiro atoms. The number of carbonyl (C=O) groups is 1. The van der Waals surface area contributed by atoms with Gasteiger partial charge in [-0.1, -0.05) is 5.21 Å². The number of methoxy groups -OCH3 is 1. The fraction of sp³-hybridized carbons (Fsp3) is 0.471. The van der Waals surface area contributed by atoms with Gasteiger partial charge in [-0.05, 0) is 45.0 Å². The fourth-order valence-electron chi connectivity index (χ4n) is 2.27. The molecule has 0 amide bonds. The molecule has 1 heterocycles. The Hall–Kier alpha value is -2.45. The third-order valence-electron chi connectivity index (χ3n) is 3.35. The summed E-state index contributed by atoms with van der Waals surface area (Å²) in [6.07, 6.45) is -0.786. The molecule has 1 aromatic carbocycles. The lowest BCUT2D eigenvalue weighted by Gasteiger charge is -2.18. The van der Waals surface area contributed by atoms with Gasteiger partial charge in [0, 0.05) is 13.2 Å². The van der Waals surface area contributed by atoms with Crippen LogP contribution in [-0.2, 0) is 14.2 Å². The van der Waals surface area contributed by atoms with Crippen molar-refractivity contribution in [3.8, 4) is 11.4 Å². The highest BCUT2D eigenvalue weighted by molar-refractivity contribution is 5.88. The fourth-order valence-corrected chi connectivity index (χ4v) is 2.27. The first-order valence-corrected chi connectivity index (χ1v) is 8.16. The Bertz CT molecular complexity index is 678. The second-order valence-corrected chi connectivity index (χ2v) is 4.90. The number of benzene rings is 1. The summed E-state index contributed by atoms with van der Waals surface area (Å²) >= 11 is 0. The second-order valence-electron chi connectivity index (χ2n) is 4.90. The van der Waals surface area contributed by atoms with Crippen molar-refractivity contribution >= 4 is 5.97 Å². The van der Waals surface area contributed by atoms with E-state index in [1.165, 1.54) is 4.68 Å². The highest BCUT2D eigenvalue weighted by Gasteiger charge is 2.29. The average molecular weight is 349 g/mol. The summed E-state index contributed by atoms with van der Waals surface area (Å²) < 4.78 is 23.1. The van der Waals surface area contributed by atoms with Gasteiger partial charge in [-0.3, -0.25) is 0 Å². The minimum atomic E-state index is -0.786. The lowest BCUT2D eigenvalue weighted by molar-refractivity contribution is -0.144. The van der Waals surface area contributed by atoms with Crippen molar-refractivity contribution < 1.29 is 23.7 Å². The van der Waals surface area contributed by atoms with Crippen LogP contribution in [0.1, 0.15) is 43.2 Å². The summed E-state index contributed by atoms with van der Waals surface area (Å²) in [6.45, 7) is 6.46. The summed E-state index contributed by atoms with van der Waals surface area (Å²) in [5.74, 6) is 0.142. The second kappa shape index (κ2) is 9.14. The van der Waals surface area contributed by atoms with E-state index in [4.69, 9.17) is 18.9 Å². The molecule has 8 heteroatoms. The molecule has 0 aliphatic carbocycles. The quantitative estimate of drug-likeness (QED) is 0.508. The molecule has 0 radical (unpaired) electrons. The van der Waals surface area contributed by atoms with E-state index in [9.17, 15) is 4.79 Å². The largest absolute Gasteiger partial charge is 0.497 e. The lowest BCUT2D eigenvalue weighted by atomic mass is 10.2. The van der Waals surface area contributed by atoms with Gasteiger partial charge in [-0.2, -0.15) is 0 Å². The van der Waals surface area contributed by atoms with Crippen LogP contribution in [0.5, 0.6) is 5.75 Å². The normalized spacial score (nSPS) is 10.9. The average Bonchev–Trinajstić information content (AvgIpc) is 3.07. The summed E-state index contributed by atoms with van der Waals surface area (Å²) in [7, 11) is 1.59. The zero-order valence-corrected chi connectivity index (χ0v) is 14.9. The Labute approximate surface area is 146 Å². The summed E-state index contributed by atoms with van der Waals surface area (Å²) in [4.78, 5) is 12.3. The standard InChI is InChI=1S/C17H23N3O5/c1-5-23-16(21)14-15(17(24-6-2)25-7-3)20(19-18-14)12-8-10-13(22-4)11-9-12/h8-11,17H,5-7H2,1-4H3. The van der Waals surface area contributed by atoms with Gasteiger partial charge in [-0.15, -0.1) is 5.10 Å². The highest BCUT2D eigenvalue weighted by Crippen LogP contribution is 2.26. The van der Waals surface area contributed by atoms with Crippen LogP contribution in [-0.4, -0.2) is 47.9 Å². The molecular weight excluding hydrogens is 326 g/mol. The van der Waals surface area contributed by atoms with Crippen molar-refractivity contribution in [1.82, 2.24) is 15.0 Å². The molecule has 0 unspecified atom stereocenters. The molecule has 0 aliphatic rings. The number of carbonyl (C=O) groups excluding carboxylic acids is 1. The highest BCUT2D eigenvalue weighted by atomic mass is 16.7. The van der Waals surface area contributed by atoms with Crippen LogP contribution in [0, 0.1) is 0 Å². The SMILES string of the molecule is CCOC(=O)c1nnn(-c2ccc(OC)cc2)c1C(OCC)OCC. The van der Waals surface area contributed by atoms with Crippen molar-refractivity contribution in [2.45, 2.75) is 27.1 Å². The first-order chi connectivity index (χ1) is 12.2. The molecule has 2 aromatic rings. The number of ether oxygens (including phenoxy) is 4. The number of rotatable bonds is 9. The van der Waals surface area contributed by atoms with Gasteiger partial charge >= 0.3 is 5.97 Å². The molecule has 1 aromatic heterocycles. The van der Waals surface area contributed by atoms with E-state index in [1.54, 1.807) is 38.3 Å². The van der Waals surface area contributed by atoms with Gasteiger partial charge in [0.1, 0.15) is 11.4 Å². The predicted octanol–water partition coefficient (Wildman–Crippen LogP) is 2.52. The maximum atomic E-state index is 12.3. The lowest BCUT2D eigenvalue weighted by Crippen LogP contribution is -2.18. The van der Waals surface area contributed by atoms with Gasteiger partial charge in [0.2, 0.25) is 6.29 Å². The van der Waals surface area contributed by atoms with Crippen LogP contribution >= 0.6 is 0 Å². The molecular formula is C17H23N3O5. The van der Waals surface area contributed by atoms with Crippen LogP contribution in [0.2, 0.25) is 0 Å². The predicted molar refractivity (Wildman–Crippen MR) is 89.9 cm³/mol. The summed E-state index contributed by atoms with van der Waals surface area (Å²) in [5, 5.41) is 8.08. The van der Waals surface area contributed by atoms with Gasteiger partial charge in [0.05, 0.1) is 19.4 Å². The van der Waals surface area contributed by atoms with Crippen molar-refractivity contribution in [1.29, 1.82) is 0 Å². The van der Waals surface area contributed by atoms with Crippen molar-refractivity contribution in [3.05, 3.63) is 35.7 Å². The smallest absolute Gasteiger partial charge is 0.361 e. The topological polar surface area (TPSA) is 84.7 Å². The van der Waals surface area contributed by atoms with Gasteiger partial charge in [0.15, 0.2) is 5.69 Å². The Kier molecular flexibility index (Phi) is 6.91. The molecule has 2 rings (SSSR count). The number of hydrogen-bond donors (Lipinski definition) is 0. The summed E-state index contributed by atoms with van der Waals surface area (Å²) in [6, 6.07) is 7.20. The molecule has 0 fully saturated rings. The molecule has 0 N–H and O–H groups in total. The number of aromatic nitrogens is 3. The number of nitrogens with zero attached hydrogens (tertiary/aromatic N) is 3.